The van der Waals surface area contributed by atoms with Gasteiger partial charge in [-0.25, -0.2) is 9.59 Å². The van der Waals surface area contributed by atoms with Crippen molar-refractivity contribution in [3.63, 3.8) is 0 Å². The van der Waals surface area contributed by atoms with E-state index in [0.717, 1.165) is 12.8 Å². The van der Waals surface area contributed by atoms with Gasteiger partial charge in [0.1, 0.15) is 29.5 Å². The molecule has 1 unspecified atom stereocenters. The summed E-state index contributed by atoms with van der Waals surface area (Å²) in [6.45, 7) is 7.53. The van der Waals surface area contributed by atoms with E-state index in [-0.39, 0.29) is 54.6 Å². The summed E-state index contributed by atoms with van der Waals surface area (Å²) in [5.41, 5.74) is 5.65. The quantitative estimate of drug-likeness (QED) is 0.512. The zero-order chi connectivity index (χ0) is 21.7. The van der Waals surface area contributed by atoms with Gasteiger partial charge < -0.3 is 34.3 Å². The fourth-order valence-corrected chi connectivity index (χ4v) is 5.10. The topological polar surface area (TPSA) is 116 Å². The highest BCUT2D eigenvalue weighted by molar-refractivity contribution is 5.70. The van der Waals surface area contributed by atoms with Gasteiger partial charge in [0.25, 0.3) is 0 Å². The Balaban J connectivity index is 1.40. The third-order valence-electron chi connectivity index (χ3n) is 6.88. The van der Waals surface area contributed by atoms with Gasteiger partial charge in [0.05, 0.1) is 31.7 Å². The molecule has 0 bridgehead atoms. The molecule has 2 amide bonds. The van der Waals surface area contributed by atoms with E-state index in [2.05, 4.69) is 26.8 Å². The number of carbonyl (C=O) groups excluding carboxylic acids is 2. The second kappa shape index (κ2) is 7.69. The number of epoxide rings is 2. The van der Waals surface area contributed by atoms with Crippen molar-refractivity contribution >= 4 is 12.2 Å². The van der Waals surface area contributed by atoms with Crippen LogP contribution in [0.3, 0.4) is 0 Å². The Morgan fingerprint density at radius 3 is 2.53 bits per heavy atom. The van der Waals surface area contributed by atoms with E-state index in [9.17, 15) is 9.59 Å². The van der Waals surface area contributed by atoms with Gasteiger partial charge in [-0.3, -0.25) is 0 Å². The summed E-state index contributed by atoms with van der Waals surface area (Å²) in [5.74, 6) is -0.0144. The molecule has 6 atom stereocenters. The largest absolute Gasteiger partial charge is 0.443 e. The molecule has 0 aromatic carbocycles. The van der Waals surface area contributed by atoms with Crippen LogP contribution in [0.5, 0.6) is 0 Å². The van der Waals surface area contributed by atoms with Crippen LogP contribution in [0.15, 0.2) is 11.6 Å². The number of hydrogen-bond donors (Lipinski definition) is 1. The number of rotatable bonds is 6. The highest BCUT2D eigenvalue weighted by Gasteiger charge is 2.72. The summed E-state index contributed by atoms with van der Waals surface area (Å²) in [5, 5.41) is 0. The first-order valence-electron chi connectivity index (χ1n) is 10.6. The van der Waals surface area contributed by atoms with Crippen molar-refractivity contribution in [3.8, 4) is 0 Å². The van der Waals surface area contributed by atoms with Gasteiger partial charge in [-0.2, -0.15) is 0 Å². The summed E-state index contributed by atoms with van der Waals surface area (Å²) in [4.78, 5) is 24.9. The molecule has 1 aliphatic carbocycles. The number of nitrogens with two attached hydrogens (primary N) is 1. The highest BCUT2D eigenvalue weighted by Crippen LogP contribution is 2.59. The lowest BCUT2D eigenvalue weighted by atomic mass is 9.68. The number of ether oxygens (including phenoxy) is 5. The first-order chi connectivity index (χ1) is 14.2. The second-order valence-corrected chi connectivity index (χ2v) is 9.26. The Morgan fingerprint density at radius 1 is 1.27 bits per heavy atom. The van der Waals surface area contributed by atoms with E-state index in [1.807, 2.05) is 0 Å². The Hall–Kier alpha value is -1.84. The molecule has 9 nitrogen and oxygen atoms in total. The van der Waals surface area contributed by atoms with E-state index in [4.69, 9.17) is 29.4 Å². The van der Waals surface area contributed by atoms with Crippen LogP contribution >= 0.6 is 0 Å². The van der Waals surface area contributed by atoms with Gasteiger partial charge in [0.15, 0.2) is 0 Å². The molecule has 30 heavy (non-hydrogen) atoms. The van der Waals surface area contributed by atoms with Crippen molar-refractivity contribution in [2.75, 3.05) is 26.8 Å². The fourth-order valence-electron chi connectivity index (χ4n) is 5.10. The number of likely N-dealkylation sites (tertiary alicyclic amines) is 1. The first-order valence-corrected chi connectivity index (χ1v) is 10.6. The number of hydrogen-bond acceptors (Lipinski definition) is 7. The number of allylic oxidation sites excluding steroid dienone is 1. The monoisotopic (exact) mass is 424 g/mol. The van der Waals surface area contributed by atoms with Crippen molar-refractivity contribution in [1.29, 1.82) is 0 Å². The van der Waals surface area contributed by atoms with E-state index in [1.165, 1.54) is 10.5 Å². The number of amides is 2. The molecule has 168 valence electrons. The number of nitrogens with zero attached hydrogens (tertiary/aromatic N) is 1. The van der Waals surface area contributed by atoms with Crippen molar-refractivity contribution in [2.45, 2.75) is 75.7 Å². The smallest absolute Gasteiger partial charge is 0.410 e. The number of methoxy groups -OCH3 is 1. The van der Waals surface area contributed by atoms with Gasteiger partial charge in [0, 0.05) is 7.11 Å². The van der Waals surface area contributed by atoms with E-state index < -0.39 is 12.2 Å². The molecular weight excluding hydrogens is 392 g/mol. The fraction of sp³-hybridized carbons (Fsp3) is 0.810. The SMILES string of the molecule is CO[C@H]1C([C@@]2(C)O[C@@H]2CC=C(C)C)[C@]2(CC[C@H]1OC(=O)N1CC(OC(N)=O)C1)CO2. The predicted octanol–water partition coefficient (Wildman–Crippen LogP) is 1.98. The van der Waals surface area contributed by atoms with Crippen LogP contribution in [-0.4, -0.2) is 79.5 Å². The maximum absolute atomic E-state index is 12.6. The molecule has 1 spiro atoms. The molecule has 3 heterocycles. The molecule has 2 N–H and O–H groups in total. The standard InChI is InChI=1S/C21H32N2O7/c1-12(2)5-6-15-20(3,30-15)17-16(26-4)14(7-8-21(17)11-27-21)29-19(25)23-9-13(10-23)28-18(22)24/h5,13-17H,6-11H2,1-4H3,(H2,22,24)/t14-,15-,16-,17?,20+,21+/m1/s1. The number of carbonyl (C=O) groups is 2. The lowest BCUT2D eigenvalue weighted by Crippen LogP contribution is -2.59. The van der Waals surface area contributed by atoms with E-state index in [1.54, 1.807) is 7.11 Å². The number of primary amides is 1. The molecule has 0 aromatic heterocycles. The van der Waals surface area contributed by atoms with Crippen molar-refractivity contribution in [3.05, 3.63) is 11.6 Å². The zero-order valence-corrected chi connectivity index (χ0v) is 18.1. The van der Waals surface area contributed by atoms with Crippen LogP contribution < -0.4 is 5.73 Å². The minimum Gasteiger partial charge on any atom is -0.443 e. The minimum atomic E-state index is -0.835. The molecule has 4 aliphatic rings. The van der Waals surface area contributed by atoms with Crippen LogP contribution in [-0.2, 0) is 23.7 Å². The third kappa shape index (κ3) is 3.90. The third-order valence-corrected chi connectivity index (χ3v) is 6.88. The van der Waals surface area contributed by atoms with Crippen molar-refractivity contribution in [2.24, 2.45) is 11.7 Å². The zero-order valence-electron chi connectivity index (χ0n) is 18.1. The molecule has 4 fully saturated rings. The predicted molar refractivity (Wildman–Crippen MR) is 106 cm³/mol. The molecular formula is C21H32N2O7. The van der Waals surface area contributed by atoms with Gasteiger partial charge in [-0.1, -0.05) is 11.6 Å². The Bertz CT molecular complexity index is 727. The van der Waals surface area contributed by atoms with Crippen LogP contribution in [0.2, 0.25) is 0 Å². The van der Waals surface area contributed by atoms with Gasteiger partial charge in [0.2, 0.25) is 0 Å². The molecule has 1 saturated carbocycles. The van der Waals surface area contributed by atoms with Crippen LogP contribution in [0.1, 0.15) is 40.0 Å². The summed E-state index contributed by atoms with van der Waals surface area (Å²) >= 11 is 0. The minimum absolute atomic E-state index is 0.0144. The summed E-state index contributed by atoms with van der Waals surface area (Å²) in [7, 11) is 1.65. The molecule has 4 rings (SSSR count). The van der Waals surface area contributed by atoms with Crippen LogP contribution in [0.4, 0.5) is 9.59 Å². The summed E-state index contributed by atoms with van der Waals surface area (Å²) in [6.07, 6.45) is 2.28. The summed E-state index contributed by atoms with van der Waals surface area (Å²) < 4.78 is 28.7. The highest BCUT2D eigenvalue weighted by atomic mass is 16.6. The molecule has 0 aromatic rings. The Morgan fingerprint density at radius 2 is 1.97 bits per heavy atom. The lowest BCUT2D eigenvalue weighted by Gasteiger charge is -2.44. The van der Waals surface area contributed by atoms with Crippen molar-refractivity contribution in [1.82, 2.24) is 4.90 Å². The maximum Gasteiger partial charge on any atom is 0.410 e. The van der Waals surface area contributed by atoms with Gasteiger partial charge in [-0.05, 0) is 40.0 Å². The molecule has 9 heteroatoms. The molecule has 3 saturated heterocycles. The average molecular weight is 424 g/mol. The van der Waals surface area contributed by atoms with Crippen LogP contribution in [0.25, 0.3) is 0 Å². The molecule has 0 radical (unpaired) electrons. The van der Waals surface area contributed by atoms with Gasteiger partial charge >= 0.3 is 12.2 Å². The van der Waals surface area contributed by atoms with E-state index >= 15 is 0 Å². The normalized spacial score (nSPS) is 39.8. The van der Waals surface area contributed by atoms with Gasteiger partial charge in [-0.15, -0.1) is 0 Å². The molecule has 3 aliphatic heterocycles. The Kier molecular flexibility index (Phi) is 5.48. The van der Waals surface area contributed by atoms with Crippen LogP contribution in [0, 0.1) is 5.92 Å². The van der Waals surface area contributed by atoms with E-state index in [0.29, 0.717) is 13.0 Å². The van der Waals surface area contributed by atoms with Crippen molar-refractivity contribution < 1.29 is 33.3 Å². The second-order valence-electron chi connectivity index (χ2n) is 9.26. The lowest BCUT2D eigenvalue weighted by molar-refractivity contribution is -0.126. The average Bonchev–Trinajstić information content (AvgIpc) is 3.55. The first kappa shape index (κ1) is 21.4. The maximum atomic E-state index is 12.6. The summed E-state index contributed by atoms with van der Waals surface area (Å²) in [6, 6.07) is 0. The Labute approximate surface area is 176 Å².